The van der Waals surface area contributed by atoms with Gasteiger partial charge in [0.25, 0.3) is 0 Å². The van der Waals surface area contributed by atoms with Gasteiger partial charge in [0.15, 0.2) is 0 Å². The molecular weight excluding hydrogens is 432 g/mol. The van der Waals surface area contributed by atoms with Crippen LogP contribution in [0.1, 0.15) is 57.6 Å². The highest BCUT2D eigenvalue weighted by molar-refractivity contribution is 5.69. The normalized spacial score (nSPS) is 20.2. The number of piperidine rings is 1. The monoisotopic (exact) mass is 474 g/mol. The van der Waals surface area contributed by atoms with E-state index in [0.29, 0.717) is 12.5 Å². The van der Waals surface area contributed by atoms with Gasteiger partial charge in [0.05, 0.1) is 6.10 Å². The summed E-state index contributed by atoms with van der Waals surface area (Å²) in [6.45, 7) is 11.7. The molecule has 1 saturated heterocycles. The summed E-state index contributed by atoms with van der Waals surface area (Å²) in [5.41, 5.74) is 4.15. The van der Waals surface area contributed by atoms with E-state index < -0.39 is 0 Å². The number of hydrogen-bond donors (Lipinski definition) is 1. The molecule has 190 valence electrons. The molecule has 3 heterocycles. The van der Waals surface area contributed by atoms with Crippen LogP contribution in [-0.4, -0.2) is 79.8 Å². The van der Waals surface area contributed by atoms with Gasteiger partial charge in [0, 0.05) is 39.2 Å². The highest BCUT2D eigenvalue weighted by Gasteiger charge is 2.34. The maximum absolute atomic E-state index is 12.1. The lowest BCUT2D eigenvalue weighted by Crippen LogP contribution is -2.43. The third-order valence-electron chi connectivity index (χ3n) is 6.43. The second-order valence-corrected chi connectivity index (χ2v) is 9.41. The molecule has 7 heteroatoms. The van der Waals surface area contributed by atoms with Crippen molar-refractivity contribution in [3.8, 4) is 5.75 Å². The van der Waals surface area contributed by atoms with Crippen LogP contribution in [0.5, 0.6) is 5.75 Å². The number of hydrogen-bond acceptors (Lipinski definition) is 6. The molecule has 0 bridgehead atoms. The molecule has 1 amide bonds. The quantitative estimate of drug-likeness (QED) is 0.706. The zero-order chi connectivity index (χ0) is 25.1. The third kappa shape index (κ3) is 7.84. The first-order valence-electron chi connectivity index (χ1n) is 12.4. The molecule has 0 aliphatic carbocycles. The van der Waals surface area contributed by atoms with Gasteiger partial charge in [0.1, 0.15) is 18.6 Å². The second kappa shape index (κ2) is 14.1. The van der Waals surface area contributed by atoms with Gasteiger partial charge >= 0.3 is 6.09 Å². The molecule has 34 heavy (non-hydrogen) atoms. The predicted molar refractivity (Wildman–Crippen MR) is 135 cm³/mol. The smallest absolute Gasteiger partial charge is 0.410 e. The average Bonchev–Trinajstić information content (AvgIpc) is 3.29. The van der Waals surface area contributed by atoms with E-state index in [1.807, 2.05) is 32.5 Å². The van der Waals surface area contributed by atoms with Crippen LogP contribution >= 0.6 is 0 Å². The largest absolute Gasteiger partial charge is 0.490 e. The summed E-state index contributed by atoms with van der Waals surface area (Å²) in [7, 11) is 2.17. The Morgan fingerprint density at radius 3 is 2.47 bits per heavy atom. The van der Waals surface area contributed by atoms with Gasteiger partial charge in [-0.2, -0.15) is 0 Å². The van der Waals surface area contributed by atoms with Gasteiger partial charge in [-0.05, 0) is 81.3 Å². The molecule has 3 aliphatic heterocycles. The Morgan fingerprint density at radius 2 is 1.91 bits per heavy atom. The van der Waals surface area contributed by atoms with Gasteiger partial charge in [0.2, 0.25) is 0 Å². The van der Waals surface area contributed by atoms with Crippen LogP contribution in [0.15, 0.2) is 24.3 Å². The van der Waals surface area contributed by atoms with Crippen molar-refractivity contribution in [2.45, 2.75) is 65.1 Å². The molecule has 1 aromatic carbocycles. The third-order valence-corrected chi connectivity index (χ3v) is 6.43. The number of ether oxygens (including phenoxy) is 2. The Balaban J connectivity index is 0.000000618. The lowest BCUT2D eigenvalue weighted by atomic mass is 9.88. The standard InChI is InChI=1S/C23H32N2O3.C3H8O.CH2O/c1-16(2)27-23(26)25-12-8-18(9-13-25)22-15-20-14-19(4-5-21(20)28-22)17-6-10-24(3)11-7-17;1-2-3-4;1-2/h4-6,14,16,18,22H,7-13,15H2,1-3H3;4H,2-3H2,1H3;1H2. The van der Waals surface area contributed by atoms with Crippen molar-refractivity contribution < 1.29 is 24.2 Å². The van der Waals surface area contributed by atoms with Crippen LogP contribution in [0.25, 0.3) is 5.57 Å². The van der Waals surface area contributed by atoms with E-state index >= 15 is 0 Å². The molecule has 3 aliphatic rings. The molecule has 1 atom stereocenters. The van der Waals surface area contributed by atoms with Crippen LogP contribution in [-0.2, 0) is 16.0 Å². The molecule has 0 saturated carbocycles. The number of fused-ring (bicyclic) bond motifs is 1. The number of aliphatic hydroxyl groups is 1. The van der Waals surface area contributed by atoms with Crippen LogP contribution in [0, 0.1) is 5.92 Å². The number of likely N-dealkylation sites (N-methyl/N-ethyl adjacent to an activating group) is 1. The summed E-state index contributed by atoms with van der Waals surface area (Å²) in [4.78, 5) is 24.3. The Bertz CT molecular complexity index is 800. The van der Waals surface area contributed by atoms with Crippen molar-refractivity contribution in [2.75, 3.05) is 39.8 Å². The zero-order valence-corrected chi connectivity index (χ0v) is 21.3. The summed E-state index contributed by atoms with van der Waals surface area (Å²) >= 11 is 0. The molecule has 0 aromatic heterocycles. The first kappa shape index (κ1) is 27.9. The number of amides is 1. The molecule has 0 radical (unpaired) electrons. The highest BCUT2D eigenvalue weighted by Crippen LogP contribution is 2.37. The van der Waals surface area contributed by atoms with E-state index in [4.69, 9.17) is 19.4 Å². The fraction of sp³-hybridized carbons (Fsp3) is 0.630. The lowest BCUT2D eigenvalue weighted by molar-refractivity contribution is -0.0980. The predicted octanol–water partition coefficient (Wildman–Crippen LogP) is 4.17. The van der Waals surface area contributed by atoms with Crippen LogP contribution < -0.4 is 4.74 Å². The number of aliphatic hydroxyl groups excluding tert-OH is 1. The average molecular weight is 475 g/mol. The molecule has 1 aromatic rings. The van der Waals surface area contributed by atoms with E-state index in [-0.39, 0.29) is 18.3 Å². The van der Waals surface area contributed by atoms with Gasteiger partial charge in [-0.15, -0.1) is 0 Å². The first-order chi connectivity index (χ1) is 16.4. The van der Waals surface area contributed by atoms with Crippen LogP contribution in [0.2, 0.25) is 0 Å². The SMILES string of the molecule is C=O.CC(C)OC(=O)N1CCC(C2Cc3cc(C4=CCN(C)CC4)ccc3O2)CC1.CCCO. The van der Waals surface area contributed by atoms with E-state index in [1.54, 1.807) is 0 Å². The maximum atomic E-state index is 12.1. The van der Waals surface area contributed by atoms with Crippen LogP contribution in [0.4, 0.5) is 4.79 Å². The van der Waals surface area contributed by atoms with Crippen LogP contribution in [0.3, 0.4) is 0 Å². The lowest BCUT2D eigenvalue weighted by Gasteiger charge is -2.34. The summed E-state index contributed by atoms with van der Waals surface area (Å²) in [5.74, 6) is 1.55. The van der Waals surface area contributed by atoms with Gasteiger partial charge in [-0.1, -0.05) is 19.1 Å². The molecule has 0 spiro atoms. The van der Waals surface area contributed by atoms with Crippen molar-refractivity contribution in [2.24, 2.45) is 5.92 Å². The van der Waals surface area contributed by atoms with Crippen molar-refractivity contribution in [1.29, 1.82) is 0 Å². The Labute approximate surface area is 204 Å². The van der Waals surface area contributed by atoms with E-state index in [0.717, 1.165) is 64.0 Å². The van der Waals surface area contributed by atoms with E-state index in [1.165, 1.54) is 16.7 Å². The Kier molecular flexibility index (Phi) is 11.6. The molecule has 4 rings (SSSR count). The minimum Gasteiger partial charge on any atom is -0.490 e. The minimum absolute atomic E-state index is 0.0632. The number of carbonyl (C=O) groups is 2. The summed E-state index contributed by atoms with van der Waals surface area (Å²) in [6, 6.07) is 6.70. The fourth-order valence-corrected chi connectivity index (χ4v) is 4.50. The van der Waals surface area contributed by atoms with Crippen molar-refractivity contribution in [3.63, 3.8) is 0 Å². The number of rotatable bonds is 4. The Hall–Kier alpha value is -2.38. The van der Waals surface area contributed by atoms with Crippen molar-refractivity contribution in [1.82, 2.24) is 9.80 Å². The second-order valence-electron chi connectivity index (χ2n) is 9.41. The summed E-state index contributed by atoms with van der Waals surface area (Å²) in [5, 5.41) is 7.88. The number of nitrogens with zero attached hydrogens (tertiary/aromatic N) is 2. The molecule has 7 nitrogen and oxygen atoms in total. The molecule has 1 unspecified atom stereocenters. The Morgan fingerprint density at radius 1 is 1.24 bits per heavy atom. The first-order valence-corrected chi connectivity index (χ1v) is 12.4. The molecule has 1 fully saturated rings. The number of likely N-dealkylation sites (tertiary alicyclic amines) is 1. The van der Waals surface area contributed by atoms with Gasteiger partial charge in [-0.25, -0.2) is 4.79 Å². The van der Waals surface area contributed by atoms with E-state index in [2.05, 4.69) is 36.2 Å². The number of benzene rings is 1. The van der Waals surface area contributed by atoms with Gasteiger partial charge < -0.3 is 29.2 Å². The number of carbonyl (C=O) groups excluding carboxylic acids is 2. The van der Waals surface area contributed by atoms with Gasteiger partial charge in [-0.3, -0.25) is 0 Å². The fourth-order valence-electron chi connectivity index (χ4n) is 4.50. The van der Waals surface area contributed by atoms with Crippen molar-refractivity contribution >= 4 is 18.5 Å². The molecule has 1 N–H and O–H groups in total. The summed E-state index contributed by atoms with van der Waals surface area (Å²) in [6.07, 6.45) is 7.28. The zero-order valence-electron chi connectivity index (χ0n) is 21.3. The van der Waals surface area contributed by atoms with E-state index in [9.17, 15) is 4.79 Å². The maximum Gasteiger partial charge on any atom is 0.410 e. The summed E-state index contributed by atoms with van der Waals surface area (Å²) < 4.78 is 11.6. The van der Waals surface area contributed by atoms with Crippen molar-refractivity contribution in [3.05, 3.63) is 35.4 Å². The topological polar surface area (TPSA) is 79.3 Å². The highest BCUT2D eigenvalue weighted by atomic mass is 16.6. The minimum atomic E-state index is -0.180. The molecular formula is C27H42N2O5.